The van der Waals surface area contributed by atoms with Gasteiger partial charge in [0, 0.05) is 6.08 Å². The molecule has 2 aliphatic heterocycles. The van der Waals surface area contributed by atoms with Crippen LogP contribution in [0.3, 0.4) is 0 Å². The topological polar surface area (TPSA) is 225 Å². The molecule has 1 aromatic rings. The number of aliphatic hydroxyl groups excluding tert-OH is 6. The number of benzene rings is 1. The molecule has 2 aliphatic rings. The third-order valence-corrected chi connectivity index (χ3v) is 8.00. The fraction of sp³-hybridized carbons (Fsp3) is 0.645. The highest BCUT2D eigenvalue weighted by Crippen LogP contribution is 2.34. The lowest BCUT2D eigenvalue weighted by Gasteiger charge is -2.47. The van der Waals surface area contributed by atoms with E-state index >= 15 is 0 Å². The van der Waals surface area contributed by atoms with E-state index in [1.807, 2.05) is 0 Å². The molecule has 2 fully saturated rings. The highest BCUT2D eigenvalue weighted by molar-refractivity contribution is 5.87. The number of aromatic hydroxyl groups is 1. The van der Waals surface area contributed by atoms with Gasteiger partial charge in [0.05, 0.1) is 30.0 Å². The van der Waals surface area contributed by atoms with Gasteiger partial charge >= 0.3 is 5.97 Å². The smallest absolute Gasteiger partial charge is 0.331 e. The molecule has 254 valence electrons. The van der Waals surface area contributed by atoms with E-state index in [2.05, 4.69) is 6.58 Å². The molecule has 2 heterocycles. The largest absolute Gasteiger partial charge is 0.508 e. The average Bonchev–Trinajstić information content (AvgIpc) is 2.99. The predicted molar refractivity (Wildman–Crippen MR) is 157 cm³/mol. The number of hydrogen-bond acceptors (Lipinski definition) is 14. The van der Waals surface area contributed by atoms with Gasteiger partial charge in [0.1, 0.15) is 42.4 Å². The first-order valence-electron chi connectivity index (χ1n) is 14.7. The lowest BCUT2D eigenvalue weighted by atomic mass is 9.91. The number of phenols is 1. The molecule has 0 amide bonds. The van der Waals surface area contributed by atoms with Crippen molar-refractivity contribution in [3.8, 4) is 5.75 Å². The Morgan fingerprint density at radius 2 is 1.64 bits per heavy atom. The summed E-state index contributed by atoms with van der Waals surface area (Å²) in [6.45, 7) is 8.97. The molecular weight excluding hydrogens is 596 g/mol. The number of carbonyl (C=O) groups excluding carboxylic acids is 1. The lowest BCUT2D eigenvalue weighted by Crippen LogP contribution is -2.65. The first kappa shape index (κ1) is 37.0. The number of hydrogen-bond donors (Lipinski definition) is 8. The van der Waals surface area contributed by atoms with Crippen molar-refractivity contribution in [1.82, 2.24) is 0 Å². The lowest BCUT2D eigenvalue weighted by molar-refractivity contribution is -0.364. The van der Waals surface area contributed by atoms with Crippen molar-refractivity contribution in [2.75, 3.05) is 6.61 Å². The maximum atomic E-state index is 12.9. The number of rotatable bonds is 13. The molecule has 14 nitrogen and oxygen atoms in total. The highest BCUT2D eigenvalue weighted by Gasteiger charge is 2.53. The summed E-state index contributed by atoms with van der Waals surface area (Å²) >= 11 is 0. The number of carbonyl (C=O) groups is 1. The Kier molecular flexibility index (Phi) is 12.7. The van der Waals surface area contributed by atoms with Crippen LogP contribution in [0.2, 0.25) is 0 Å². The molecule has 3 rings (SSSR count). The Labute approximate surface area is 261 Å². The maximum absolute atomic E-state index is 12.9. The van der Waals surface area contributed by atoms with Gasteiger partial charge < -0.3 is 64.5 Å². The SMILES string of the molecule is C=CC(C)(CCC(O)C(C)(C)O)OC1OC(CO)C(OC(=O)C=Cc2ccc(O)cc2)C(OC2OC(C)C(O)C(O)C2O)C1O. The average molecular weight is 643 g/mol. The van der Waals surface area contributed by atoms with Crippen LogP contribution in [0.25, 0.3) is 6.08 Å². The van der Waals surface area contributed by atoms with Crippen LogP contribution in [0.5, 0.6) is 5.75 Å². The van der Waals surface area contributed by atoms with Crippen molar-refractivity contribution in [3.63, 3.8) is 0 Å². The minimum atomic E-state index is -1.77. The van der Waals surface area contributed by atoms with Gasteiger partial charge in [0.2, 0.25) is 0 Å². The van der Waals surface area contributed by atoms with Crippen molar-refractivity contribution >= 4 is 12.0 Å². The van der Waals surface area contributed by atoms with E-state index in [1.165, 1.54) is 45.1 Å². The summed E-state index contributed by atoms with van der Waals surface area (Å²) in [7, 11) is 0. The zero-order valence-corrected chi connectivity index (χ0v) is 25.7. The van der Waals surface area contributed by atoms with Crippen LogP contribution < -0.4 is 0 Å². The second-order valence-electron chi connectivity index (χ2n) is 12.2. The van der Waals surface area contributed by atoms with Crippen LogP contribution in [-0.2, 0) is 28.5 Å². The van der Waals surface area contributed by atoms with E-state index in [4.69, 9.17) is 23.7 Å². The summed E-state index contributed by atoms with van der Waals surface area (Å²) in [6.07, 6.45) is -12.2. The van der Waals surface area contributed by atoms with Gasteiger partial charge in [-0.05, 0) is 64.3 Å². The summed E-state index contributed by atoms with van der Waals surface area (Å²) in [5, 5.41) is 82.6. The second-order valence-corrected chi connectivity index (χ2v) is 12.2. The van der Waals surface area contributed by atoms with Gasteiger partial charge in [0.15, 0.2) is 18.7 Å². The molecule has 0 aliphatic carbocycles. The van der Waals surface area contributed by atoms with Crippen LogP contribution in [0.4, 0.5) is 0 Å². The number of ether oxygens (including phenoxy) is 5. The maximum Gasteiger partial charge on any atom is 0.331 e. The Balaban J connectivity index is 1.87. The van der Waals surface area contributed by atoms with E-state index in [9.17, 15) is 45.6 Å². The van der Waals surface area contributed by atoms with Crippen LogP contribution in [0.1, 0.15) is 46.1 Å². The summed E-state index contributed by atoms with van der Waals surface area (Å²) in [5.41, 5.74) is -2.08. The Bertz CT molecular complexity index is 1140. The molecule has 0 bridgehead atoms. The molecule has 12 unspecified atom stereocenters. The van der Waals surface area contributed by atoms with Crippen molar-refractivity contribution in [3.05, 3.63) is 48.6 Å². The summed E-state index contributed by atoms with van der Waals surface area (Å²) in [6, 6.07) is 5.95. The molecule has 0 aromatic heterocycles. The minimum Gasteiger partial charge on any atom is -0.508 e. The van der Waals surface area contributed by atoms with E-state index in [1.54, 1.807) is 19.1 Å². The van der Waals surface area contributed by atoms with Gasteiger partial charge in [-0.15, -0.1) is 6.58 Å². The van der Waals surface area contributed by atoms with Crippen molar-refractivity contribution in [2.45, 2.75) is 119 Å². The summed E-state index contributed by atoms with van der Waals surface area (Å²) in [5.74, 6) is -0.883. The standard InChI is InChI=1S/C31H46O14/c1-6-31(5,14-13-20(34)30(3,4)40)45-29-25(39)27(44-28-24(38)23(37)22(36)16(2)41-28)26(19(15-32)42-29)43-21(35)12-9-17-7-10-18(33)11-8-17/h6-12,16,19-20,22-29,32-34,36-40H,1,13-15H2,2-5H3. The molecule has 2 saturated heterocycles. The number of phenolic OH excluding ortho intramolecular Hbond substituents is 1. The van der Waals surface area contributed by atoms with Crippen molar-refractivity contribution in [2.24, 2.45) is 0 Å². The van der Waals surface area contributed by atoms with E-state index in [0.29, 0.717) is 5.56 Å². The highest BCUT2D eigenvalue weighted by atomic mass is 16.7. The first-order chi connectivity index (χ1) is 21.0. The zero-order valence-electron chi connectivity index (χ0n) is 25.7. The number of esters is 1. The molecule has 1 aromatic carbocycles. The van der Waals surface area contributed by atoms with Crippen LogP contribution in [-0.4, -0.2) is 132 Å². The first-order valence-corrected chi connectivity index (χ1v) is 14.7. The molecule has 12 atom stereocenters. The van der Waals surface area contributed by atoms with E-state index < -0.39 is 91.3 Å². The van der Waals surface area contributed by atoms with E-state index in [-0.39, 0.29) is 18.6 Å². The van der Waals surface area contributed by atoms with Crippen LogP contribution in [0, 0.1) is 0 Å². The van der Waals surface area contributed by atoms with Gasteiger partial charge in [-0.3, -0.25) is 0 Å². The van der Waals surface area contributed by atoms with Crippen molar-refractivity contribution in [1.29, 1.82) is 0 Å². The molecule has 0 spiro atoms. The van der Waals surface area contributed by atoms with Gasteiger partial charge in [-0.2, -0.15) is 0 Å². The fourth-order valence-electron chi connectivity index (χ4n) is 4.89. The predicted octanol–water partition coefficient (Wildman–Crippen LogP) is -0.519. The number of aliphatic hydroxyl groups is 7. The van der Waals surface area contributed by atoms with Crippen LogP contribution >= 0.6 is 0 Å². The molecular formula is C31H46O14. The Morgan fingerprint density at radius 3 is 2.22 bits per heavy atom. The van der Waals surface area contributed by atoms with Crippen molar-refractivity contribution < 1.29 is 69.3 Å². The summed E-state index contributed by atoms with van der Waals surface area (Å²) in [4.78, 5) is 12.9. The Hall–Kier alpha value is -2.47. The fourth-order valence-corrected chi connectivity index (χ4v) is 4.89. The Morgan fingerprint density at radius 1 is 1.00 bits per heavy atom. The third kappa shape index (κ3) is 9.53. The second kappa shape index (κ2) is 15.4. The third-order valence-electron chi connectivity index (χ3n) is 8.00. The monoisotopic (exact) mass is 642 g/mol. The molecule has 0 saturated carbocycles. The van der Waals surface area contributed by atoms with E-state index in [0.717, 1.165) is 6.08 Å². The molecule has 45 heavy (non-hydrogen) atoms. The minimum absolute atomic E-state index is 0.0330. The molecule has 0 radical (unpaired) electrons. The van der Waals surface area contributed by atoms with Gasteiger partial charge in [-0.1, -0.05) is 18.2 Å². The van der Waals surface area contributed by atoms with Gasteiger partial charge in [-0.25, -0.2) is 4.79 Å². The molecule has 14 heteroatoms. The summed E-state index contributed by atoms with van der Waals surface area (Å²) < 4.78 is 28.9. The van der Waals surface area contributed by atoms with Gasteiger partial charge in [0.25, 0.3) is 0 Å². The van der Waals surface area contributed by atoms with Crippen LogP contribution in [0.15, 0.2) is 43.0 Å². The normalized spacial score (nSPS) is 34.6. The molecule has 8 N–H and O–H groups in total. The zero-order chi connectivity index (χ0) is 33.7. The quantitative estimate of drug-likeness (QED) is 0.0770.